The molecular weight excluding hydrogens is 282 g/mol. The van der Waals surface area contributed by atoms with Crippen LogP contribution in [-0.4, -0.2) is 34.8 Å². The van der Waals surface area contributed by atoms with Crippen LogP contribution in [0, 0.1) is 0 Å². The summed E-state index contributed by atoms with van der Waals surface area (Å²) in [6.07, 6.45) is 4.42. The molecule has 0 radical (unpaired) electrons. The Balaban J connectivity index is 3.35. The first-order valence-corrected chi connectivity index (χ1v) is 7.62. The van der Waals surface area contributed by atoms with Crippen molar-refractivity contribution in [2.75, 3.05) is 20.5 Å². The van der Waals surface area contributed by atoms with E-state index >= 15 is 0 Å². The number of ether oxygens (including phenoxy) is 2. The molecule has 20 heavy (non-hydrogen) atoms. The Labute approximate surface area is 118 Å². The first-order valence-electron chi connectivity index (χ1n) is 5.73. The highest BCUT2D eigenvalue weighted by Gasteiger charge is 2.17. The van der Waals surface area contributed by atoms with E-state index in [1.54, 1.807) is 12.2 Å². The molecule has 110 valence electrons. The molecule has 7 heteroatoms. The number of carbonyl (C=O) groups is 1. The van der Waals surface area contributed by atoms with E-state index < -0.39 is 15.9 Å². The summed E-state index contributed by atoms with van der Waals surface area (Å²) >= 11 is 0. The zero-order valence-corrected chi connectivity index (χ0v) is 12.6. The van der Waals surface area contributed by atoms with Gasteiger partial charge in [0.15, 0.2) is 11.5 Å². The van der Waals surface area contributed by atoms with Gasteiger partial charge in [-0.3, -0.25) is 4.79 Å². The van der Waals surface area contributed by atoms with Gasteiger partial charge < -0.3 is 9.47 Å². The van der Waals surface area contributed by atoms with Gasteiger partial charge in [-0.05, 0) is 19.1 Å². The van der Waals surface area contributed by atoms with Gasteiger partial charge in [-0.25, -0.2) is 13.1 Å². The van der Waals surface area contributed by atoms with Gasteiger partial charge >= 0.3 is 0 Å². The number of sulfonamides is 1. The fourth-order valence-corrected chi connectivity index (χ4v) is 2.11. The Morgan fingerprint density at radius 2 is 1.90 bits per heavy atom. The van der Waals surface area contributed by atoms with Crippen LogP contribution in [0.1, 0.15) is 22.8 Å². The molecule has 0 saturated heterocycles. The lowest BCUT2D eigenvalue weighted by Crippen LogP contribution is -2.29. The zero-order chi connectivity index (χ0) is 15.3. The van der Waals surface area contributed by atoms with Crippen molar-refractivity contribution in [3.8, 4) is 11.5 Å². The molecule has 1 N–H and O–H groups in total. The Morgan fingerprint density at radius 3 is 2.35 bits per heavy atom. The van der Waals surface area contributed by atoms with Crippen LogP contribution in [0.15, 0.2) is 18.2 Å². The molecule has 0 bridgehead atoms. The van der Waals surface area contributed by atoms with Crippen molar-refractivity contribution in [1.29, 1.82) is 0 Å². The molecule has 0 aromatic heterocycles. The molecule has 0 aliphatic heterocycles. The molecule has 0 atom stereocenters. The van der Waals surface area contributed by atoms with E-state index in [-0.39, 0.29) is 5.56 Å². The van der Waals surface area contributed by atoms with Gasteiger partial charge in [0.05, 0.1) is 20.5 Å². The summed E-state index contributed by atoms with van der Waals surface area (Å²) in [7, 11) is -0.694. The first-order chi connectivity index (χ1) is 9.32. The lowest BCUT2D eigenvalue weighted by molar-refractivity contribution is 0.0981. The van der Waals surface area contributed by atoms with Crippen molar-refractivity contribution in [2.45, 2.75) is 6.92 Å². The Bertz CT molecular complexity index is 634. The van der Waals surface area contributed by atoms with E-state index in [1.165, 1.54) is 26.4 Å². The number of nitrogens with one attached hydrogen (secondary N) is 1. The minimum Gasteiger partial charge on any atom is -0.493 e. The molecule has 0 saturated carbocycles. The van der Waals surface area contributed by atoms with Crippen LogP contribution in [-0.2, 0) is 10.0 Å². The molecule has 0 spiro atoms. The average Bonchev–Trinajstić information content (AvgIpc) is 2.36. The third-order valence-corrected chi connectivity index (χ3v) is 2.95. The molecule has 0 aliphatic rings. The number of methoxy groups -OCH3 is 2. The molecule has 0 unspecified atom stereocenters. The molecule has 1 amide bonds. The van der Waals surface area contributed by atoms with Crippen molar-refractivity contribution in [2.24, 2.45) is 0 Å². The van der Waals surface area contributed by atoms with Crippen molar-refractivity contribution in [3.05, 3.63) is 29.3 Å². The Kier molecular flexibility index (Phi) is 5.15. The van der Waals surface area contributed by atoms with Crippen LogP contribution in [0.25, 0.3) is 6.08 Å². The summed E-state index contributed by atoms with van der Waals surface area (Å²) in [5.41, 5.74) is 0.786. The predicted molar refractivity (Wildman–Crippen MR) is 76.6 cm³/mol. The summed E-state index contributed by atoms with van der Waals surface area (Å²) < 4.78 is 34.5. The van der Waals surface area contributed by atoms with E-state index in [1.807, 2.05) is 11.6 Å². The van der Waals surface area contributed by atoms with Crippen LogP contribution < -0.4 is 14.2 Å². The number of carbonyl (C=O) groups excluding carboxylic acids is 1. The van der Waals surface area contributed by atoms with Crippen molar-refractivity contribution < 1.29 is 22.7 Å². The molecule has 1 rings (SSSR count). The van der Waals surface area contributed by atoms with Crippen molar-refractivity contribution >= 4 is 22.0 Å². The van der Waals surface area contributed by atoms with E-state index in [0.717, 1.165) is 6.26 Å². The number of rotatable bonds is 5. The van der Waals surface area contributed by atoms with Gasteiger partial charge in [0.1, 0.15) is 0 Å². The number of amides is 1. The number of allylic oxidation sites excluding steroid dienone is 1. The van der Waals surface area contributed by atoms with Crippen molar-refractivity contribution in [1.82, 2.24) is 4.72 Å². The van der Waals surface area contributed by atoms with Crippen molar-refractivity contribution in [3.63, 3.8) is 0 Å². The standard InChI is InChI=1S/C13H17NO5S/c1-5-6-9-7-10(13(15)14-20(4,16)17)8-11(18-2)12(9)19-3/h5-8H,1-4H3,(H,14,15). The normalized spacial score (nSPS) is 11.4. The maximum absolute atomic E-state index is 11.9. The quantitative estimate of drug-likeness (QED) is 0.889. The van der Waals surface area contributed by atoms with Gasteiger partial charge in [0, 0.05) is 11.1 Å². The molecule has 0 aliphatic carbocycles. The van der Waals surface area contributed by atoms with E-state index in [4.69, 9.17) is 9.47 Å². The van der Waals surface area contributed by atoms with E-state index in [0.29, 0.717) is 17.1 Å². The first kappa shape index (κ1) is 16.0. The summed E-state index contributed by atoms with van der Waals surface area (Å²) in [6, 6.07) is 2.95. The maximum atomic E-state index is 11.9. The highest BCUT2D eigenvalue weighted by molar-refractivity contribution is 7.89. The summed E-state index contributed by atoms with van der Waals surface area (Å²) in [4.78, 5) is 11.9. The van der Waals surface area contributed by atoms with Gasteiger partial charge in [-0.2, -0.15) is 0 Å². The monoisotopic (exact) mass is 299 g/mol. The summed E-state index contributed by atoms with van der Waals surface area (Å²) in [6.45, 7) is 1.81. The average molecular weight is 299 g/mol. The van der Waals surface area contributed by atoms with Gasteiger partial charge in [0.2, 0.25) is 10.0 Å². The van der Waals surface area contributed by atoms with Crippen LogP contribution in [0.4, 0.5) is 0 Å². The minimum atomic E-state index is -3.62. The highest BCUT2D eigenvalue weighted by atomic mass is 32.2. The minimum absolute atomic E-state index is 0.168. The van der Waals surface area contributed by atoms with Gasteiger partial charge in [-0.1, -0.05) is 12.2 Å². The topological polar surface area (TPSA) is 81.7 Å². The lowest BCUT2D eigenvalue weighted by atomic mass is 10.1. The third kappa shape index (κ3) is 3.99. The molecule has 0 heterocycles. The molecule has 6 nitrogen and oxygen atoms in total. The smallest absolute Gasteiger partial charge is 0.264 e. The zero-order valence-electron chi connectivity index (χ0n) is 11.8. The number of hydrogen-bond donors (Lipinski definition) is 1. The van der Waals surface area contributed by atoms with Crippen LogP contribution in [0.2, 0.25) is 0 Å². The largest absolute Gasteiger partial charge is 0.493 e. The second-order valence-electron chi connectivity index (χ2n) is 4.00. The predicted octanol–water partition coefficient (Wildman–Crippen LogP) is 1.43. The fourth-order valence-electron chi connectivity index (χ4n) is 1.66. The number of hydrogen-bond acceptors (Lipinski definition) is 5. The summed E-state index contributed by atoms with van der Waals surface area (Å²) in [5.74, 6) is 0.0995. The second kappa shape index (κ2) is 6.42. The molecule has 1 aromatic carbocycles. The Hall–Kier alpha value is -2.02. The van der Waals surface area contributed by atoms with Crippen LogP contribution in [0.5, 0.6) is 11.5 Å². The SMILES string of the molecule is CC=Cc1cc(C(=O)NS(C)(=O)=O)cc(OC)c1OC. The fraction of sp³-hybridized carbons (Fsp3) is 0.308. The lowest BCUT2D eigenvalue weighted by Gasteiger charge is -2.13. The van der Waals surface area contributed by atoms with Gasteiger partial charge in [-0.15, -0.1) is 0 Å². The second-order valence-corrected chi connectivity index (χ2v) is 5.75. The van der Waals surface area contributed by atoms with E-state index in [2.05, 4.69) is 0 Å². The van der Waals surface area contributed by atoms with Crippen LogP contribution >= 0.6 is 0 Å². The highest BCUT2D eigenvalue weighted by Crippen LogP contribution is 2.33. The summed E-state index contributed by atoms with van der Waals surface area (Å²) in [5, 5.41) is 0. The number of benzene rings is 1. The third-order valence-electron chi connectivity index (χ3n) is 2.39. The maximum Gasteiger partial charge on any atom is 0.264 e. The van der Waals surface area contributed by atoms with Gasteiger partial charge in [0.25, 0.3) is 5.91 Å². The molecule has 0 fully saturated rings. The van der Waals surface area contributed by atoms with Crippen LogP contribution in [0.3, 0.4) is 0 Å². The molecular formula is C13H17NO5S. The Morgan fingerprint density at radius 1 is 1.25 bits per heavy atom. The van der Waals surface area contributed by atoms with E-state index in [9.17, 15) is 13.2 Å². The molecule has 1 aromatic rings.